The number of benzene rings is 1. The van der Waals surface area contributed by atoms with Gasteiger partial charge in [-0.25, -0.2) is 4.98 Å². The molecule has 20 heavy (non-hydrogen) atoms. The lowest BCUT2D eigenvalue weighted by Gasteiger charge is -2.24. The Balaban J connectivity index is 2.05. The number of aryl methyl sites for hydroxylation is 1. The molecular weight excluding hydrogens is 311 g/mol. The quantitative estimate of drug-likeness (QED) is 0.753. The maximum atomic E-state index is 6.16. The number of hydrogen-bond donors (Lipinski definition) is 0. The Morgan fingerprint density at radius 3 is 3.00 bits per heavy atom. The number of thioether (sulfide) groups is 1. The van der Waals surface area contributed by atoms with E-state index in [2.05, 4.69) is 23.3 Å². The van der Waals surface area contributed by atoms with Gasteiger partial charge >= 0.3 is 0 Å². The molecule has 0 saturated carbocycles. The zero-order valence-electron chi connectivity index (χ0n) is 11.5. The first kappa shape index (κ1) is 14.6. The van der Waals surface area contributed by atoms with Gasteiger partial charge in [-0.2, -0.15) is 11.8 Å². The number of hydrogen-bond acceptors (Lipinski definition) is 2. The van der Waals surface area contributed by atoms with Gasteiger partial charge in [-0.3, -0.25) is 0 Å². The van der Waals surface area contributed by atoms with Crippen LogP contribution in [-0.4, -0.2) is 25.9 Å². The predicted octanol–water partition coefficient (Wildman–Crippen LogP) is 4.76. The highest BCUT2D eigenvalue weighted by Crippen LogP contribution is 2.40. The third-order valence-corrected chi connectivity index (χ3v) is 5.85. The van der Waals surface area contributed by atoms with Gasteiger partial charge in [0.1, 0.15) is 5.82 Å². The van der Waals surface area contributed by atoms with E-state index in [1.807, 2.05) is 18.2 Å². The van der Waals surface area contributed by atoms with Gasteiger partial charge in [-0.1, -0.05) is 11.6 Å². The van der Waals surface area contributed by atoms with Crippen LogP contribution in [0.4, 0.5) is 0 Å². The number of imidazole rings is 1. The van der Waals surface area contributed by atoms with Crippen LogP contribution < -0.4 is 0 Å². The molecule has 1 atom stereocenters. The van der Waals surface area contributed by atoms with Crippen molar-refractivity contribution in [2.75, 3.05) is 11.6 Å². The summed E-state index contributed by atoms with van der Waals surface area (Å²) < 4.78 is 2.62. The van der Waals surface area contributed by atoms with Gasteiger partial charge in [0.05, 0.1) is 11.0 Å². The Morgan fingerprint density at radius 2 is 2.30 bits per heavy atom. The van der Waals surface area contributed by atoms with Crippen molar-refractivity contribution < 1.29 is 0 Å². The molecule has 0 amide bonds. The first-order valence-corrected chi connectivity index (χ1v) is 8.86. The Kier molecular flexibility index (Phi) is 4.21. The van der Waals surface area contributed by atoms with E-state index < -0.39 is 0 Å². The van der Waals surface area contributed by atoms with Crippen molar-refractivity contribution in [2.45, 2.75) is 37.5 Å². The lowest BCUT2D eigenvalue weighted by molar-refractivity contribution is 0.507. The predicted molar refractivity (Wildman–Crippen MR) is 89.3 cm³/mol. The van der Waals surface area contributed by atoms with E-state index in [0.717, 1.165) is 34.8 Å². The van der Waals surface area contributed by atoms with Crippen LogP contribution >= 0.6 is 35.0 Å². The van der Waals surface area contributed by atoms with Crippen LogP contribution in [0, 0.1) is 0 Å². The third-order valence-electron chi connectivity index (χ3n) is 3.90. The SMILES string of the molecule is CC1(Cn2c(CCCl)nc3ccc(Cl)cc32)CCCS1. The van der Waals surface area contributed by atoms with E-state index in [-0.39, 0.29) is 0 Å². The first-order chi connectivity index (χ1) is 9.61. The van der Waals surface area contributed by atoms with E-state index >= 15 is 0 Å². The van der Waals surface area contributed by atoms with Gasteiger partial charge in [0, 0.05) is 28.6 Å². The third kappa shape index (κ3) is 2.81. The summed E-state index contributed by atoms with van der Waals surface area (Å²) in [7, 11) is 0. The molecule has 0 N–H and O–H groups in total. The zero-order valence-corrected chi connectivity index (χ0v) is 13.9. The molecule has 0 radical (unpaired) electrons. The van der Waals surface area contributed by atoms with E-state index in [0.29, 0.717) is 10.6 Å². The number of fused-ring (bicyclic) bond motifs is 1. The molecule has 1 saturated heterocycles. The Morgan fingerprint density at radius 1 is 1.45 bits per heavy atom. The van der Waals surface area contributed by atoms with Crippen LogP contribution in [0.25, 0.3) is 11.0 Å². The summed E-state index contributed by atoms with van der Waals surface area (Å²) in [6, 6.07) is 5.92. The number of nitrogens with zero attached hydrogens (tertiary/aromatic N) is 2. The van der Waals surface area contributed by atoms with Crippen molar-refractivity contribution in [2.24, 2.45) is 0 Å². The second-order valence-corrected chi connectivity index (χ2v) is 8.09. The Hall–Kier alpha value is -0.380. The molecule has 1 fully saturated rings. The van der Waals surface area contributed by atoms with Crippen LogP contribution in [0.1, 0.15) is 25.6 Å². The first-order valence-electron chi connectivity index (χ1n) is 6.96. The molecule has 0 bridgehead atoms. The van der Waals surface area contributed by atoms with Crippen molar-refractivity contribution in [1.82, 2.24) is 9.55 Å². The molecule has 1 aromatic heterocycles. The van der Waals surface area contributed by atoms with Gasteiger partial charge in [0.2, 0.25) is 0 Å². The minimum absolute atomic E-state index is 0.303. The molecule has 0 aliphatic carbocycles. The fourth-order valence-corrected chi connectivity index (χ4v) is 4.52. The fourth-order valence-electron chi connectivity index (χ4n) is 2.89. The molecular formula is C15H18Cl2N2S. The molecule has 1 aliphatic rings. The molecule has 5 heteroatoms. The van der Waals surface area contributed by atoms with Crippen LogP contribution in [0.3, 0.4) is 0 Å². The fraction of sp³-hybridized carbons (Fsp3) is 0.533. The molecule has 0 spiro atoms. The number of halogens is 2. The van der Waals surface area contributed by atoms with Crippen molar-refractivity contribution in [3.8, 4) is 0 Å². The van der Waals surface area contributed by atoms with Crippen molar-refractivity contribution >= 4 is 46.0 Å². The number of aromatic nitrogens is 2. The molecule has 108 valence electrons. The maximum Gasteiger partial charge on any atom is 0.111 e. The Labute approximate surface area is 133 Å². The van der Waals surface area contributed by atoms with Gasteiger partial charge in [0.15, 0.2) is 0 Å². The molecule has 2 nitrogen and oxygen atoms in total. The van der Waals surface area contributed by atoms with Crippen LogP contribution in [0.15, 0.2) is 18.2 Å². The zero-order chi connectivity index (χ0) is 14.2. The standard InChI is InChI=1S/C15H18Cl2N2S/c1-15(6-2-8-20-15)10-19-13-9-11(17)3-4-12(13)18-14(19)5-7-16/h3-4,9H,2,5-8,10H2,1H3. The summed E-state index contributed by atoms with van der Waals surface area (Å²) in [5, 5.41) is 0.764. The monoisotopic (exact) mass is 328 g/mol. The van der Waals surface area contributed by atoms with E-state index in [4.69, 9.17) is 28.2 Å². The lowest BCUT2D eigenvalue weighted by Crippen LogP contribution is -2.25. The molecule has 3 rings (SSSR count). The van der Waals surface area contributed by atoms with E-state index in [1.54, 1.807) is 0 Å². The van der Waals surface area contributed by atoms with Gasteiger partial charge in [-0.15, -0.1) is 11.6 Å². The summed E-state index contributed by atoms with van der Waals surface area (Å²) in [5.74, 6) is 2.93. The second kappa shape index (κ2) is 5.78. The van der Waals surface area contributed by atoms with Crippen molar-refractivity contribution in [1.29, 1.82) is 0 Å². The van der Waals surface area contributed by atoms with Crippen molar-refractivity contribution in [3.05, 3.63) is 29.0 Å². The molecule has 2 heterocycles. The normalized spacial score (nSPS) is 22.8. The second-order valence-electron chi connectivity index (χ2n) is 5.59. The van der Waals surface area contributed by atoms with E-state index in [1.165, 1.54) is 18.6 Å². The van der Waals surface area contributed by atoms with Gasteiger partial charge < -0.3 is 4.57 Å². The highest BCUT2D eigenvalue weighted by molar-refractivity contribution is 8.00. The summed E-state index contributed by atoms with van der Waals surface area (Å²) in [6.07, 6.45) is 3.37. The molecule has 1 aliphatic heterocycles. The van der Waals surface area contributed by atoms with Gasteiger partial charge in [0.25, 0.3) is 0 Å². The summed E-state index contributed by atoms with van der Waals surface area (Å²) >= 11 is 14.2. The largest absolute Gasteiger partial charge is 0.327 e. The smallest absolute Gasteiger partial charge is 0.111 e. The average Bonchev–Trinajstić information content (AvgIpc) is 2.97. The minimum Gasteiger partial charge on any atom is -0.327 e. The molecule has 1 unspecified atom stereocenters. The highest BCUT2D eigenvalue weighted by atomic mass is 35.5. The number of rotatable bonds is 4. The van der Waals surface area contributed by atoms with Crippen molar-refractivity contribution in [3.63, 3.8) is 0 Å². The van der Waals surface area contributed by atoms with Crippen LogP contribution in [-0.2, 0) is 13.0 Å². The summed E-state index contributed by atoms with van der Waals surface area (Å²) in [6.45, 7) is 3.34. The highest BCUT2D eigenvalue weighted by Gasteiger charge is 2.31. The van der Waals surface area contributed by atoms with Gasteiger partial charge in [-0.05, 0) is 43.7 Å². The number of alkyl halides is 1. The summed E-state index contributed by atoms with van der Waals surface area (Å²) in [5.41, 5.74) is 2.15. The molecule has 1 aromatic carbocycles. The van der Waals surface area contributed by atoms with E-state index in [9.17, 15) is 0 Å². The Bertz CT molecular complexity index is 618. The average molecular weight is 329 g/mol. The minimum atomic E-state index is 0.303. The maximum absolute atomic E-state index is 6.16. The topological polar surface area (TPSA) is 17.8 Å². The lowest BCUT2D eigenvalue weighted by atomic mass is 10.1. The molecule has 2 aromatic rings. The van der Waals surface area contributed by atoms with Crippen LogP contribution in [0.5, 0.6) is 0 Å². The van der Waals surface area contributed by atoms with Crippen LogP contribution in [0.2, 0.25) is 5.02 Å². The summed E-state index contributed by atoms with van der Waals surface area (Å²) in [4.78, 5) is 4.73.